The van der Waals surface area contributed by atoms with Crippen LogP contribution in [0, 0.1) is 0 Å². The van der Waals surface area contributed by atoms with Gasteiger partial charge in [0.05, 0.1) is 6.04 Å². The zero-order chi connectivity index (χ0) is 15.0. The van der Waals surface area contributed by atoms with Crippen LogP contribution in [0.15, 0.2) is 18.2 Å². The number of aryl methyl sites for hydroxylation is 1. The topological polar surface area (TPSA) is 43.8 Å². The van der Waals surface area contributed by atoms with Gasteiger partial charge in [-0.2, -0.15) is 0 Å². The number of phenols is 1. The van der Waals surface area contributed by atoms with Crippen molar-refractivity contribution >= 4 is 5.91 Å². The Morgan fingerprint density at radius 3 is 2.71 bits per heavy atom. The average Bonchev–Trinajstić information content (AvgIpc) is 2.99. The molecule has 21 heavy (non-hydrogen) atoms. The highest BCUT2D eigenvalue weighted by molar-refractivity contribution is 5.73. The third-order valence-corrected chi connectivity index (χ3v) is 5.05. The molecule has 1 saturated heterocycles. The molecule has 0 radical (unpaired) electrons. The van der Waals surface area contributed by atoms with Gasteiger partial charge in [0.1, 0.15) is 5.75 Å². The van der Waals surface area contributed by atoms with Gasteiger partial charge in [0.25, 0.3) is 0 Å². The van der Waals surface area contributed by atoms with Crippen LogP contribution in [0.4, 0.5) is 0 Å². The van der Waals surface area contributed by atoms with Crippen LogP contribution >= 0.6 is 0 Å². The molecule has 0 bridgehead atoms. The Labute approximate surface area is 126 Å². The van der Waals surface area contributed by atoms with Gasteiger partial charge in [0.15, 0.2) is 0 Å². The molecule has 4 nitrogen and oxygen atoms in total. The van der Waals surface area contributed by atoms with Gasteiger partial charge >= 0.3 is 0 Å². The van der Waals surface area contributed by atoms with Crippen molar-refractivity contribution in [2.45, 2.75) is 44.7 Å². The number of benzene rings is 1. The summed E-state index contributed by atoms with van der Waals surface area (Å²) in [6.07, 6.45) is 4.61. The van der Waals surface area contributed by atoms with E-state index in [1.165, 1.54) is 18.4 Å². The van der Waals surface area contributed by atoms with Gasteiger partial charge in [-0.25, -0.2) is 0 Å². The maximum Gasteiger partial charge on any atom is 0.219 e. The molecular formula is C17H24N2O2. The van der Waals surface area contributed by atoms with Crippen molar-refractivity contribution in [3.63, 3.8) is 0 Å². The molecule has 2 atom stereocenters. The SMILES string of the molecule is CC(=O)N(C)[C@@H]1c2cc(O)ccc2CC[C@H]1N1CCCC1. The number of likely N-dealkylation sites (tertiary alicyclic amines) is 1. The fraction of sp³-hybridized carbons (Fsp3) is 0.588. The predicted molar refractivity (Wildman–Crippen MR) is 82.2 cm³/mol. The minimum atomic E-state index is 0.0523. The molecule has 0 spiro atoms. The van der Waals surface area contributed by atoms with Gasteiger partial charge < -0.3 is 10.0 Å². The predicted octanol–water partition coefficient (Wildman–Crippen LogP) is 2.32. The summed E-state index contributed by atoms with van der Waals surface area (Å²) < 4.78 is 0. The lowest BCUT2D eigenvalue weighted by Crippen LogP contribution is -2.47. The summed E-state index contributed by atoms with van der Waals surface area (Å²) in [6, 6.07) is 6.03. The maximum atomic E-state index is 11.9. The minimum Gasteiger partial charge on any atom is -0.508 e. The zero-order valence-electron chi connectivity index (χ0n) is 12.9. The summed E-state index contributed by atoms with van der Waals surface area (Å²) in [4.78, 5) is 16.3. The molecule has 4 heteroatoms. The first-order valence-electron chi connectivity index (χ1n) is 7.87. The third-order valence-electron chi connectivity index (χ3n) is 5.05. The van der Waals surface area contributed by atoms with Crippen LogP contribution in [-0.4, -0.2) is 47.0 Å². The number of hydrogen-bond donors (Lipinski definition) is 1. The molecule has 1 aliphatic heterocycles. The summed E-state index contributed by atoms with van der Waals surface area (Å²) in [5.74, 6) is 0.373. The quantitative estimate of drug-likeness (QED) is 0.908. The molecule has 0 saturated carbocycles. The summed E-state index contributed by atoms with van der Waals surface area (Å²) in [5, 5.41) is 9.86. The molecule has 3 rings (SSSR count). The van der Waals surface area contributed by atoms with E-state index < -0.39 is 0 Å². The number of fused-ring (bicyclic) bond motifs is 1. The highest BCUT2D eigenvalue weighted by atomic mass is 16.3. The Hall–Kier alpha value is -1.55. The van der Waals surface area contributed by atoms with Crippen LogP contribution in [0.3, 0.4) is 0 Å². The van der Waals surface area contributed by atoms with Crippen LogP contribution in [0.1, 0.15) is 43.4 Å². The van der Waals surface area contributed by atoms with Gasteiger partial charge in [-0.05, 0) is 62.0 Å². The highest BCUT2D eigenvalue weighted by Gasteiger charge is 2.37. The summed E-state index contributed by atoms with van der Waals surface area (Å²) in [6.45, 7) is 3.88. The lowest BCUT2D eigenvalue weighted by atomic mass is 9.82. The molecule has 2 aliphatic rings. The normalized spacial score (nSPS) is 25.6. The van der Waals surface area contributed by atoms with E-state index in [0.717, 1.165) is 31.5 Å². The van der Waals surface area contributed by atoms with Crippen molar-refractivity contribution in [1.82, 2.24) is 9.80 Å². The fourth-order valence-electron chi connectivity index (χ4n) is 3.87. The molecule has 0 aromatic heterocycles. The van der Waals surface area contributed by atoms with Crippen LogP contribution in [0.25, 0.3) is 0 Å². The number of phenolic OH excluding ortho intramolecular Hbond substituents is 1. The molecular weight excluding hydrogens is 264 g/mol. The van der Waals surface area contributed by atoms with Crippen molar-refractivity contribution < 1.29 is 9.90 Å². The number of nitrogens with zero attached hydrogens (tertiary/aromatic N) is 2. The summed E-state index contributed by atoms with van der Waals surface area (Å²) >= 11 is 0. The summed E-state index contributed by atoms with van der Waals surface area (Å²) in [7, 11) is 1.88. The number of aromatic hydroxyl groups is 1. The van der Waals surface area contributed by atoms with E-state index in [2.05, 4.69) is 4.90 Å². The molecule has 0 unspecified atom stereocenters. The van der Waals surface area contributed by atoms with Crippen molar-refractivity contribution in [3.05, 3.63) is 29.3 Å². The van der Waals surface area contributed by atoms with E-state index in [1.807, 2.05) is 24.1 Å². The molecule has 1 fully saturated rings. The summed E-state index contributed by atoms with van der Waals surface area (Å²) in [5.41, 5.74) is 2.39. The van der Waals surface area contributed by atoms with E-state index >= 15 is 0 Å². The van der Waals surface area contributed by atoms with E-state index in [0.29, 0.717) is 6.04 Å². The zero-order valence-corrected chi connectivity index (χ0v) is 12.9. The van der Waals surface area contributed by atoms with Crippen molar-refractivity contribution in [2.75, 3.05) is 20.1 Å². The Balaban J connectivity index is 2.00. The first-order valence-corrected chi connectivity index (χ1v) is 7.87. The Kier molecular flexibility index (Phi) is 3.89. The van der Waals surface area contributed by atoms with Gasteiger partial charge in [-0.15, -0.1) is 0 Å². The molecule has 1 aromatic rings. The molecule has 1 aromatic carbocycles. The largest absolute Gasteiger partial charge is 0.508 e. The lowest BCUT2D eigenvalue weighted by molar-refractivity contribution is -0.131. The monoisotopic (exact) mass is 288 g/mol. The first kappa shape index (κ1) is 14.4. The highest BCUT2D eigenvalue weighted by Crippen LogP contribution is 2.39. The second-order valence-corrected chi connectivity index (χ2v) is 6.31. The Bertz CT molecular complexity index is 538. The minimum absolute atomic E-state index is 0.0523. The maximum absolute atomic E-state index is 11.9. The second-order valence-electron chi connectivity index (χ2n) is 6.31. The number of carbonyl (C=O) groups is 1. The molecule has 1 aliphatic carbocycles. The number of carbonyl (C=O) groups excluding carboxylic acids is 1. The van der Waals surface area contributed by atoms with Crippen LogP contribution < -0.4 is 0 Å². The number of amides is 1. The van der Waals surface area contributed by atoms with E-state index in [9.17, 15) is 9.90 Å². The molecule has 114 valence electrons. The van der Waals surface area contributed by atoms with Crippen molar-refractivity contribution in [1.29, 1.82) is 0 Å². The second kappa shape index (κ2) is 5.68. The van der Waals surface area contributed by atoms with Gasteiger partial charge in [-0.1, -0.05) is 6.07 Å². The lowest BCUT2D eigenvalue weighted by Gasteiger charge is -2.43. The smallest absolute Gasteiger partial charge is 0.219 e. The van der Waals surface area contributed by atoms with Crippen LogP contribution in [-0.2, 0) is 11.2 Å². The number of likely N-dealkylation sites (N-methyl/N-ethyl adjacent to an activating group) is 1. The number of rotatable bonds is 2. The molecule has 1 heterocycles. The molecule has 1 N–H and O–H groups in total. The van der Waals surface area contributed by atoms with Crippen molar-refractivity contribution in [2.24, 2.45) is 0 Å². The Morgan fingerprint density at radius 2 is 2.05 bits per heavy atom. The van der Waals surface area contributed by atoms with E-state index in [4.69, 9.17) is 0 Å². The Morgan fingerprint density at radius 1 is 1.33 bits per heavy atom. The number of hydrogen-bond acceptors (Lipinski definition) is 3. The van der Waals surface area contributed by atoms with Crippen LogP contribution in [0.5, 0.6) is 5.75 Å². The average molecular weight is 288 g/mol. The molecule has 1 amide bonds. The van der Waals surface area contributed by atoms with Gasteiger partial charge in [-0.3, -0.25) is 9.69 Å². The fourth-order valence-corrected chi connectivity index (χ4v) is 3.87. The third kappa shape index (κ3) is 2.64. The van der Waals surface area contributed by atoms with Crippen LogP contribution in [0.2, 0.25) is 0 Å². The van der Waals surface area contributed by atoms with E-state index in [-0.39, 0.29) is 17.7 Å². The van der Waals surface area contributed by atoms with Crippen molar-refractivity contribution in [3.8, 4) is 5.75 Å². The van der Waals surface area contributed by atoms with Gasteiger partial charge in [0, 0.05) is 20.0 Å². The van der Waals surface area contributed by atoms with E-state index in [1.54, 1.807) is 13.0 Å². The van der Waals surface area contributed by atoms with Gasteiger partial charge in [0.2, 0.25) is 5.91 Å². The standard InChI is InChI=1S/C17H24N2O2/c1-12(20)18(2)17-15-11-14(21)7-5-13(15)6-8-16(17)19-9-3-4-10-19/h5,7,11,16-17,21H,3-4,6,8-10H2,1-2H3/t16-,17-/m1/s1. The first-order chi connectivity index (χ1) is 10.1.